The Hall–Kier alpha value is -1.14. The summed E-state index contributed by atoms with van der Waals surface area (Å²) in [4.78, 5) is 4.13. The number of pyridine rings is 1. The molecular formula is C15H25N3O2S. The molecule has 1 N–H and O–H groups in total. The first-order chi connectivity index (χ1) is 9.96. The van der Waals surface area contributed by atoms with Crippen LogP contribution in [0.1, 0.15) is 33.6 Å². The van der Waals surface area contributed by atoms with Gasteiger partial charge in [0.1, 0.15) is 0 Å². The molecule has 2 heterocycles. The zero-order valence-corrected chi connectivity index (χ0v) is 13.9. The lowest BCUT2D eigenvalue weighted by molar-refractivity contribution is 0.212. The van der Waals surface area contributed by atoms with Gasteiger partial charge in [-0.2, -0.15) is 4.31 Å². The summed E-state index contributed by atoms with van der Waals surface area (Å²) < 4.78 is 27.3. The molecule has 2 unspecified atom stereocenters. The monoisotopic (exact) mass is 311 g/mol. The van der Waals surface area contributed by atoms with Crippen LogP contribution in [0.4, 0.5) is 5.69 Å². The van der Waals surface area contributed by atoms with Gasteiger partial charge in [0.15, 0.2) is 5.03 Å². The molecule has 1 fully saturated rings. The second kappa shape index (κ2) is 6.75. The molecule has 2 rings (SSSR count). The molecule has 0 aromatic carbocycles. The summed E-state index contributed by atoms with van der Waals surface area (Å²) in [5.74, 6) is 0.946. The number of hydrogen-bond donors (Lipinski definition) is 1. The summed E-state index contributed by atoms with van der Waals surface area (Å²) in [6.07, 6.45) is 3.39. The molecule has 5 nitrogen and oxygen atoms in total. The van der Waals surface area contributed by atoms with E-state index in [2.05, 4.69) is 24.1 Å². The Bertz CT molecular complexity index is 574. The maximum atomic E-state index is 12.8. The summed E-state index contributed by atoms with van der Waals surface area (Å²) >= 11 is 0. The first kappa shape index (κ1) is 16.2. The molecule has 21 heavy (non-hydrogen) atoms. The minimum absolute atomic E-state index is 0.153. The minimum atomic E-state index is -3.52. The van der Waals surface area contributed by atoms with Gasteiger partial charge in [0.2, 0.25) is 0 Å². The van der Waals surface area contributed by atoms with Gasteiger partial charge in [0, 0.05) is 25.8 Å². The SMILES string of the molecule is CCCNc1cccnc1S(=O)(=O)N1CCC(C)C(C)C1. The van der Waals surface area contributed by atoms with E-state index in [4.69, 9.17) is 0 Å². The number of nitrogens with one attached hydrogen (secondary N) is 1. The van der Waals surface area contributed by atoms with Gasteiger partial charge in [-0.05, 0) is 36.8 Å². The molecule has 0 amide bonds. The van der Waals surface area contributed by atoms with Gasteiger partial charge in [-0.3, -0.25) is 0 Å². The van der Waals surface area contributed by atoms with Crippen molar-refractivity contribution in [1.29, 1.82) is 0 Å². The van der Waals surface area contributed by atoms with Gasteiger partial charge in [-0.15, -0.1) is 0 Å². The van der Waals surface area contributed by atoms with Gasteiger partial charge in [0.05, 0.1) is 5.69 Å². The van der Waals surface area contributed by atoms with E-state index in [1.54, 1.807) is 22.6 Å². The molecule has 118 valence electrons. The second-order valence-electron chi connectivity index (χ2n) is 5.89. The van der Waals surface area contributed by atoms with Crippen molar-refractivity contribution in [2.45, 2.75) is 38.6 Å². The highest BCUT2D eigenvalue weighted by Crippen LogP contribution is 2.29. The maximum absolute atomic E-state index is 12.8. The first-order valence-corrected chi connectivity index (χ1v) is 9.09. The van der Waals surface area contributed by atoms with Gasteiger partial charge in [-0.25, -0.2) is 13.4 Å². The van der Waals surface area contributed by atoms with Crippen molar-refractivity contribution >= 4 is 15.7 Å². The maximum Gasteiger partial charge on any atom is 0.262 e. The molecule has 2 atom stereocenters. The van der Waals surface area contributed by atoms with E-state index in [-0.39, 0.29) is 5.03 Å². The van der Waals surface area contributed by atoms with Crippen molar-refractivity contribution in [2.24, 2.45) is 11.8 Å². The van der Waals surface area contributed by atoms with Crippen LogP contribution in [0.3, 0.4) is 0 Å². The molecule has 1 saturated heterocycles. The topological polar surface area (TPSA) is 62.3 Å². The largest absolute Gasteiger partial charge is 0.383 e. The van der Waals surface area contributed by atoms with Gasteiger partial charge in [-0.1, -0.05) is 20.8 Å². The lowest BCUT2D eigenvalue weighted by Gasteiger charge is -2.34. The van der Waals surface area contributed by atoms with Crippen LogP contribution in [-0.4, -0.2) is 37.3 Å². The second-order valence-corrected chi connectivity index (χ2v) is 7.74. The van der Waals surface area contributed by atoms with Crippen molar-refractivity contribution in [1.82, 2.24) is 9.29 Å². The van der Waals surface area contributed by atoms with E-state index in [1.165, 1.54) is 0 Å². The van der Waals surface area contributed by atoms with E-state index in [0.717, 1.165) is 19.4 Å². The number of anilines is 1. The minimum Gasteiger partial charge on any atom is -0.383 e. The zero-order chi connectivity index (χ0) is 15.5. The summed E-state index contributed by atoms with van der Waals surface area (Å²) in [5, 5.41) is 3.31. The van der Waals surface area contributed by atoms with Crippen LogP contribution in [0.2, 0.25) is 0 Å². The number of sulfonamides is 1. The van der Waals surface area contributed by atoms with Crippen molar-refractivity contribution < 1.29 is 8.42 Å². The molecule has 0 spiro atoms. The average molecular weight is 311 g/mol. The van der Waals surface area contributed by atoms with E-state index in [0.29, 0.717) is 30.6 Å². The van der Waals surface area contributed by atoms with Crippen LogP contribution in [0.25, 0.3) is 0 Å². The molecule has 0 saturated carbocycles. The van der Waals surface area contributed by atoms with Crippen molar-refractivity contribution in [3.63, 3.8) is 0 Å². The fourth-order valence-corrected chi connectivity index (χ4v) is 4.19. The Labute approximate surface area is 127 Å². The number of hydrogen-bond acceptors (Lipinski definition) is 4. The smallest absolute Gasteiger partial charge is 0.262 e. The van der Waals surface area contributed by atoms with Crippen molar-refractivity contribution in [2.75, 3.05) is 25.0 Å². The molecule has 1 aliphatic heterocycles. The molecule has 1 aromatic rings. The van der Waals surface area contributed by atoms with E-state index >= 15 is 0 Å². The molecule has 0 aliphatic carbocycles. The molecule has 0 bridgehead atoms. The summed E-state index contributed by atoms with van der Waals surface area (Å²) in [7, 11) is -3.52. The van der Waals surface area contributed by atoms with Crippen LogP contribution in [0.15, 0.2) is 23.4 Å². The number of rotatable bonds is 5. The van der Waals surface area contributed by atoms with Crippen LogP contribution >= 0.6 is 0 Å². The normalized spacial score (nSPS) is 24.0. The lowest BCUT2D eigenvalue weighted by Crippen LogP contribution is -2.42. The quantitative estimate of drug-likeness (QED) is 0.908. The molecule has 1 aromatic heterocycles. The Morgan fingerprint density at radius 2 is 2.14 bits per heavy atom. The molecule has 0 radical (unpaired) electrons. The van der Waals surface area contributed by atoms with Crippen LogP contribution in [-0.2, 0) is 10.0 Å². The fraction of sp³-hybridized carbons (Fsp3) is 0.667. The highest BCUT2D eigenvalue weighted by atomic mass is 32.2. The number of nitrogens with zero attached hydrogens (tertiary/aromatic N) is 2. The van der Waals surface area contributed by atoms with E-state index in [9.17, 15) is 8.42 Å². The van der Waals surface area contributed by atoms with E-state index in [1.807, 2.05) is 6.92 Å². The highest BCUT2D eigenvalue weighted by molar-refractivity contribution is 7.89. The number of piperidine rings is 1. The summed E-state index contributed by atoms with van der Waals surface area (Å²) in [6.45, 7) is 8.24. The average Bonchev–Trinajstić information content (AvgIpc) is 2.48. The van der Waals surface area contributed by atoms with Gasteiger partial charge < -0.3 is 5.32 Å². The first-order valence-electron chi connectivity index (χ1n) is 7.65. The molecular weight excluding hydrogens is 286 g/mol. The Balaban J connectivity index is 2.27. The Kier molecular flexibility index (Phi) is 5.22. The Morgan fingerprint density at radius 1 is 1.38 bits per heavy atom. The summed E-state index contributed by atoms with van der Waals surface area (Å²) in [5.41, 5.74) is 0.602. The van der Waals surface area contributed by atoms with Crippen molar-refractivity contribution in [3.05, 3.63) is 18.3 Å². The fourth-order valence-electron chi connectivity index (χ4n) is 2.56. The van der Waals surface area contributed by atoms with Gasteiger partial charge >= 0.3 is 0 Å². The van der Waals surface area contributed by atoms with Crippen molar-refractivity contribution in [3.8, 4) is 0 Å². The molecule has 1 aliphatic rings. The predicted octanol–water partition coefficient (Wildman–Crippen LogP) is 2.57. The molecule has 6 heteroatoms. The Morgan fingerprint density at radius 3 is 2.81 bits per heavy atom. The highest BCUT2D eigenvalue weighted by Gasteiger charge is 2.33. The lowest BCUT2D eigenvalue weighted by atomic mass is 9.90. The third kappa shape index (κ3) is 3.55. The number of aromatic nitrogens is 1. The van der Waals surface area contributed by atoms with Crippen LogP contribution in [0, 0.1) is 11.8 Å². The van der Waals surface area contributed by atoms with E-state index < -0.39 is 10.0 Å². The van der Waals surface area contributed by atoms with Crippen LogP contribution in [0.5, 0.6) is 0 Å². The van der Waals surface area contributed by atoms with Gasteiger partial charge in [0.25, 0.3) is 10.0 Å². The third-order valence-corrected chi connectivity index (χ3v) is 6.04. The third-order valence-electron chi connectivity index (χ3n) is 4.22. The zero-order valence-electron chi connectivity index (χ0n) is 13.0. The predicted molar refractivity (Wildman–Crippen MR) is 84.7 cm³/mol. The summed E-state index contributed by atoms with van der Waals surface area (Å²) in [6, 6.07) is 3.55. The van der Waals surface area contributed by atoms with Crippen LogP contribution < -0.4 is 5.32 Å². The standard InChI is InChI=1S/C15H25N3O2S/c1-4-8-16-14-6-5-9-17-15(14)21(19,20)18-10-7-12(2)13(3)11-18/h5-6,9,12-13,16H,4,7-8,10-11H2,1-3H3.